The van der Waals surface area contributed by atoms with Crippen molar-refractivity contribution in [3.63, 3.8) is 0 Å². The van der Waals surface area contributed by atoms with Crippen LogP contribution in [0.1, 0.15) is 36.6 Å². The number of hydrogen-bond donors (Lipinski definition) is 1. The van der Waals surface area contributed by atoms with Crippen molar-refractivity contribution in [2.24, 2.45) is 0 Å². The number of rotatable bonds is 5. The predicted octanol–water partition coefficient (Wildman–Crippen LogP) is 3.80. The van der Waals surface area contributed by atoms with E-state index < -0.39 is 0 Å². The molecule has 0 saturated heterocycles. The molecule has 0 aliphatic heterocycles. The zero-order valence-corrected chi connectivity index (χ0v) is 13.3. The van der Waals surface area contributed by atoms with Gasteiger partial charge in [-0.1, -0.05) is 18.9 Å². The van der Waals surface area contributed by atoms with E-state index in [0.717, 1.165) is 23.7 Å². The lowest BCUT2D eigenvalue weighted by Gasteiger charge is -2.21. The molecule has 1 saturated carbocycles. The molecule has 2 aromatic heterocycles. The monoisotopic (exact) mass is 308 g/mol. The summed E-state index contributed by atoms with van der Waals surface area (Å²) in [5, 5.41) is 9.53. The largest absolute Gasteiger partial charge is 0.344 e. The zero-order chi connectivity index (χ0) is 13.9. The van der Waals surface area contributed by atoms with E-state index in [1.54, 1.807) is 0 Å². The minimum Gasteiger partial charge on any atom is -0.344 e. The summed E-state index contributed by atoms with van der Waals surface area (Å²) in [6.07, 6.45) is 6.10. The molecule has 3 rings (SSSR count). The van der Waals surface area contributed by atoms with E-state index in [2.05, 4.69) is 44.2 Å². The number of anilines is 1. The van der Waals surface area contributed by atoms with Crippen molar-refractivity contribution < 1.29 is 0 Å². The van der Waals surface area contributed by atoms with E-state index in [4.69, 9.17) is 12.2 Å². The first-order chi connectivity index (χ1) is 9.75. The summed E-state index contributed by atoms with van der Waals surface area (Å²) in [5.41, 5.74) is 0. The third-order valence-electron chi connectivity index (χ3n) is 3.99. The van der Waals surface area contributed by atoms with Crippen LogP contribution in [-0.4, -0.2) is 28.4 Å². The Bertz CT molecular complexity index is 593. The van der Waals surface area contributed by atoms with E-state index in [-0.39, 0.29) is 0 Å². The Morgan fingerprint density at radius 3 is 3.00 bits per heavy atom. The number of aromatic nitrogens is 3. The van der Waals surface area contributed by atoms with Crippen LogP contribution in [0.5, 0.6) is 0 Å². The molecule has 0 atom stereocenters. The van der Waals surface area contributed by atoms with Gasteiger partial charge in [-0.25, -0.2) is 5.10 Å². The predicted molar refractivity (Wildman–Crippen MR) is 86.2 cm³/mol. The van der Waals surface area contributed by atoms with Crippen LogP contribution in [-0.2, 0) is 6.42 Å². The van der Waals surface area contributed by atoms with Crippen molar-refractivity contribution >= 4 is 29.5 Å². The first kappa shape index (κ1) is 13.8. The maximum atomic E-state index is 5.41. The number of likely N-dealkylation sites (N-methyl/N-ethyl adjacent to an activating group) is 1. The molecule has 0 unspecified atom stereocenters. The van der Waals surface area contributed by atoms with Crippen LogP contribution in [0.25, 0.3) is 0 Å². The lowest BCUT2D eigenvalue weighted by molar-refractivity contribution is 0.509. The van der Waals surface area contributed by atoms with Gasteiger partial charge in [-0.3, -0.25) is 4.57 Å². The van der Waals surface area contributed by atoms with Crippen LogP contribution >= 0.6 is 23.6 Å². The Kier molecular flexibility index (Phi) is 4.21. The number of nitrogens with one attached hydrogen (secondary N) is 1. The van der Waals surface area contributed by atoms with E-state index in [1.165, 1.54) is 30.6 Å². The lowest BCUT2D eigenvalue weighted by Crippen LogP contribution is -2.25. The van der Waals surface area contributed by atoms with Crippen molar-refractivity contribution in [2.75, 3.05) is 18.5 Å². The Balaban J connectivity index is 1.74. The van der Waals surface area contributed by atoms with Gasteiger partial charge >= 0.3 is 0 Å². The molecule has 2 heterocycles. The average molecular weight is 308 g/mol. The summed E-state index contributed by atoms with van der Waals surface area (Å²) in [6.45, 7) is 0.965. The number of H-pyrrole nitrogens is 1. The number of hydrogen-bond acceptors (Lipinski definition) is 4. The maximum Gasteiger partial charge on any atom is 0.225 e. The highest BCUT2D eigenvalue weighted by Gasteiger charge is 2.22. The van der Waals surface area contributed by atoms with Gasteiger partial charge in [0.25, 0.3) is 0 Å². The minimum atomic E-state index is 0.528. The molecule has 4 nitrogen and oxygen atoms in total. The molecule has 1 fully saturated rings. The van der Waals surface area contributed by atoms with Gasteiger partial charge in [0.1, 0.15) is 0 Å². The van der Waals surface area contributed by atoms with E-state index in [0.29, 0.717) is 6.04 Å². The molecule has 1 aliphatic carbocycles. The number of aromatic amines is 1. The molecular formula is C14H20N4S2. The molecule has 6 heteroatoms. The van der Waals surface area contributed by atoms with Gasteiger partial charge in [0.15, 0.2) is 4.77 Å². The zero-order valence-electron chi connectivity index (χ0n) is 11.7. The molecule has 0 aromatic carbocycles. The molecule has 0 spiro atoms. The summed E-state index contributed by atoms with van der Waals surface area (Å²) in [5.74, 6) is 0.985. The van der Waals surface area contributed by atoms with Gasteiger partial charge in [0.2, 0.25) is 5.95 Å². The fourth-order valence-electron chi connectivity index (χ4n) is 2.89. The third-order valence-corrected chi connectivity index (χ3v) is 5.21. The van der Waals surface area contributed by atoms with Crippen LogP contribution in [0.2, 0.25) is 0 Å². The van der Waals surface area contributed by atoms with Crippen LogP contribution in [0.15, 0.2) is 17.5 Å². The summed E-state index contributed by atoms with van der Waals surface area (Å²) in [7, 11) is 2.10. The normalized spacial score (nSPS) is 15.8. The van der Waals surface area contributed by atoms with Crippen LogP contribution in [0, 0.1) is 4.77 Å². The fraction of sp³-hybridized carbons (Fsp3) is 0.571. The van der Waals surface area contributed by atoms with E-state index in [1.807, 2.05) is 11.3 Å². The molecular weight excluding hydrogens is 288 g/mol. The Labute approximate surface area is 128 Å². The van der Waals surface area contributed by atoms with Crippen LogP contribution in [0.3, 0.4) is 0 Å². The van der Waals surface area contributed by atoms with E-state index >= 15 is 0 Å². The molecule has 0 bridgehead atoms. The quantitative estimate of drug-likeness (QED) is 0.854. The molecule has 20 heavy (non-hydrogen) atoms. The summed E-state index contributed by atoms with van der Waals surface area (Å²) in [4.78, 5) is 3.63. The van der Waals surface area contributed by atoms with E-state index in [9.17, 15) is 0 Å². The summed E-state index contributed by atoms with van der Waals surface area (Å²) < 4.78 is 2.98. The van der Waals surface area contributed by atoms with Gasteiger partial charge in [0, 0.05) is 24.5 Å². The molecule has 0 radical (unpaired) electrons. The van der Waals surface area contributed by atoms with Crippen LogP contribution in [0.4, 0.5) is 5.95 Å². The second kappa shape index (κ2) is 6.10. The molecule has 1 aliphatic rings. The topological polar surface area (TPSA) is 36.9 Å². The average Bonchev–Trinajstić information content (AvgIpc) is 3.17. The smallest absolute Gasteiger partial charge is 0.225 e. The highest BCUT2D eigenvalue weighted by atomic mass is 32.1. The molecule has 1 N–H and O–H groups in total. The second-order valence-corrected chi connectivity index (χ2v) is 6.81. The maximum absolute atomic E-state index is 5.41. The summed E-state index contributed by atoms with van der Waals surface area (Å²) >= 11 is 7.23. The first-order valence-corrected chi connectivity index (χ1v) is 8.45. The third kappa shape index (κ3) is 2.81. The number of thiophene rings is 1. The van der Waals surface area contributed by atoms with Gasteiger partial charge in [-0.2, -0.15) is 0 Å². The Morgan fingerprint density at radius 2 is 2.30 bits per heavy atom. The first-order valence-electron chi connectivity index (χ1n) is 7.16. The highest BCUT2D eigenvalue weighted by molar-refractivity contribution is 7.71. The Hall–Kier alpha value is -1.14. The van der Waals surface area contributed by atoms with Gasteiger partial charge < -0.3 is 4.90 Å². The fourth-order valence-corrected chi connectivity index (χ4v) is 3.86. The molecule has 2 aromatic rings. The summed E-state index contributed by atoms with van der Waals surface area (Å²) in [6, 6.07) is 4.82. The van der Waals surface area contributed by atoms with Crippen LogP contribution < -0.4 is 4.90 Å². The molecule has 108 valence electrons. The lowest BCUT2D eigenvalue weighted by atomic mass is 10.2. The van der Waals surface area contributed by atoms with Gasteiger partial charge in [-0.15, -0.1) is 16.4 Å². The Morgan fingerprint density at radius 1 is 1.50 bits per heavy atom. The SMILES string of the molecule is CN(CCc1cccs1)c1n[nH]c(=S)n1C1CCCC1. The van der Waals surface area contributed by atoms with Crippen molar-refractivity contribution in [3.8, 4) is 0 Å². The molecule has 0 amide bonds. The van der Waals surface area contributed by atoms with Crippen molar-refractivity contribution in [1.29, 1.82) is 0 Å². The highest BCUT2D eigenvalue weighted by Crippen LogP contribution is 2.32. The standard InChI is InChI=1S/C14H20N4S2/c1-17(9-8-12-7-4-10-20-12)13-15-16-14(19)18(13)11-5-2-3-6-11/h4,7,10-11H,2-3,5-6,8-9H2,1H3,(H,16,19). The second-order valence-electron chi connectivity index (χ2n) is 5.39. The van der Waals surface area contributed by atoms with Crippen molar-refractivity contribution in [3.05, 3.63) is 27.2 Å². The van der Waals surface area contributed by atoms with Gasteiger partial charge in [-0.05, 0) is 42.9 Å². The van der Waals surface area contributed by atoms with Crippen molar-refractivity contribution in [2.45, 2.75) is 38.1 Å². The van der Waals surface area contributed by atoms with Gasteiger partial charge in [0.05, 0.1) is 0 Å². The number of nitrogens with zero attached hydrogens (tertiary/aromatic N) is 3. The van der Waals surface area contributed by atoms with Crippen molar-refractivity contribution in [1.82, 2.24) is 14.8 Å². The minimum absolute atomic E-state index is 0.528.